The van der Waals surface area contributed by atoms with Gasteiger partial charge in [-0.25, -0.2) is 0 Å². The summed E-state index contributed by atoms with van der Waals surface area (Å²) in [5, 5.41) is 3.44. The number of nitrogens with one attached hydrogen (secondary N) is 1. The van der Waals surface area contributed by atoms with E-state index in [0.29, 0.717) is 0 Å². The first-order chi connectivity index (χ1) is 8.18. The monoisotopic (exact) mass is 239 g/mol. The van der Waals surface area contributed by atoms with Crippen LogP contribution in [-0.4, -0.2) is 62.2 Å². The Balaban J connectivity index is 1.91. The first-order valence-corrected chi connectivity index (χ1v) is 7.32. The quantitative estimate of drug-likeness (QED) is 0.800. The highest BCUT2D eigenvalue weighted by atomic mass is 15.2. The van der Waals surface area contributed by atoms with Gasteiger partial charge in [0.05, 0.1) is 0 Å². The predicted molar refractivity (Wildman–Crippen MR) is 73.3 cm³/mol. The molecule has 100 valence electrons. The summed E-state index contributed by atoms with van der Waals surface area (Å²) < 4.78 is 0. The van der Waals surface area contributed by atoms with Crippen LogP contribution in [0.15, 0.2) is 0 Å². The molecule has 2 aliphatic heterocycles. The largest absolute Gasteiger partial charge is 0.314 e. The standard InChI is InChI=1S/C14H29N3/c1-12(2)14-13(5-4-8-16(14)3)11-17-9-6-15-7-10-17/h12-15H,4-11H2,1-3H3/t13-,14-/m1/s1. The molecule has 17 heavy (non-hydrogen) atoms. The van der Waals surface area contributed by atoms with E-state index in [1.54, 1.807) is 0 Å². The summed E-state index contributed by atoms with van der Waals surface area (Å²) in [5.74, 6) is 1.67. The summed E-state index contributed by atoms with van der Waals surface area (Å²) in [5.41, 5.74) is 0. The lowest BCUT2D eigenvalue weighted by Crippen LogP contribution is -2.52. The van der Waals surface area contributed by atoms with Crippen LogP contribution in [0.1, 0.15) is 26.7 Å². The van der Waals surface area contributed by atoms with Crippen molar-refractivity contribution in [3.05, 3.63) is 0 Å². The third-order valence-electron chi connectivity index (χ3n) is 4.46. The molecule has 2 atom stereocenters. The van der Waals surface area contributed by atoms with Crippen molar-refractivity contribution in [2.45, 2.75) is 32.7 Å². The minimum absolute atomic E-state index is 0.785. The second-order valence-electron chi connectivity index (χ2n) is 6.17. The first-order valence-electron chi connectivity index (χ1n) is 7.32. The second-order valence-corrected chi connectivity index (χ2v) is 6.17. The Morgan fingerprint density at radius 3 is 2.53 bits per heavy atom. The molecule has 0 aromatic carbocycles. The van der Waals surface area contributed by atoms with Crippen molar-refractivity contribution in [3.63, 3.8) is 0 Å². The summed E-state index contributed by atoms with van der Waals surface area (Å²) in [6.45, 7) is 12.2. The molecular formula is C14H29N3. The molecule has 2 heterocycles. The van der Waals surface area contributed by atoms with Crippen LogP contribution < -0.4 is 5.32 Å². The minimum atomic E-state index is 0.785. The molecule has 0 aromatic heterocycles. The zero-order valence-corrected chi connectivity index (χ0v) is 11.8. The SMILES string of the molecule is CC(C)[C@@H]1[C@@H](CN2CCNCC2)CCCN1C. The number of rotatable bonds is 3. The molecule has 1 N–H and O–H groups in total. The molecule has 2 fully saturated rings. The maximum Gasteiger partial charge on any atom is 0.0156 e. The Bertz CT molecular complexity index is 224. The van der Waals surface area contributed by atoms with Crippen LogP contribution in [0.4, 0.5) is 0 Å². The van der Waals surface area contributed by atoms with Crippen molar-refractivity contribution in [1.29, 1.82) is 0 Å². The summed E-state index contributed by atoms with van der Waals surface area (Å²) in [6.07, 6.45) is 2.81. The molecule has 3 heteroatoms. The van der Waals surface area contributed by atoms with Crippen LogP contribution >= 0.6 is 0 Å². The topological polar surface area (TPSA) is 18.5 Å². The number of likely N-dealkylation sites (tertiary alicyclic amines) is 1. The van der Waals surface area contributed by atoms with Gasteiger partial charge in [-0.1, -0.05) is 13.8 Å². The molecule has 3 nitrogen and oxygen atoms in total. The highest BCUT2D eigenvalue weighted by Crippen LogP contribution is 2.28. The lowest BCUT2D eigenvalue weighted by Gasteiger charge is -2.44. The van der Waals surface area contributed by atoms with Crippen molar-refractivity contribution in [3.8, 4) is 0 Å². The van der Waals surface area contributed by atoms with Gasteiger partial charge in [-0.05, 0) is 38.3 Å². The molecule has 0 saturated carbocycles. The molecule has 0 unspecified atom stereocenters. The fourth-order valence-corrected chi connectivity index (χ4v) is 3.76. The molecule has 2 rings (SSSR count). The van der Waals surface area contributed by atoms with Crippen molar-refractivity contribution in [1.82, 2.24) is 15.1 Å². The molecule has 2 aliphatic rings. The minimum Gasteiger partial charge on any atom is -0.314 e. The van der Waals surface area contributed by atoms with E-state index < -0.39 is 0 Å². The molecule has 0 aromatic rings. The number of piperidine rings is 1. The van der Waals surface area contributed by atoms with E-state index in [0.717, 1.165) is 17.9 Å². The Hall–Kier alpha value is -0.120. The lowest BCUT2D eigenvalue weighted by molar-refractivity contribution is 0.0557. The fraction of sp³-hybridized carbons (Fsp3) is 1.00. The molecule has 0 spiro atoms. The van der Waals surface area contributed by atoms with Gasteiger partial charge in [0, 0.05) is 38.8 Å². The summed E-state index contributed by atoms with van der Waals surface area (Å²) in [6, 6.07) is 0.790. The summed E-state index contributed by atoms with van der Waals surface area (Å²) >= 11 is 0. The van der Waals surface area contributed by atoms with E-state index in [-0.39, 0.29) is 0 Å². The molecule has 0 aliphatic carbocycles. The molecule has 0 amide bonds. The van der Waals surface area contributed by atoms with Gasteiger partial charge >= 0.3 is 0 Å². The second kappa shape index (κ2) is 6.17. The average Bonchev–Trinajstić information content (AvgIpc) is 2.30. The third-order valence-corrected chi connectivity index (χ3v) is 4.46. The number of nitrogens with zero attached hydrogens (tertiary/aromatic N) is 2. The van der Waals surface area contributed by atoms with E-state index in [2.05, 4.69) is 36.0 Å². The maximum atomic E-state index is 3.44. The Morgan fingerprint density at radius 2 is 1.88 bits per heavy atom. The van der Waals surface area contributed by atoms with E-state index in [4.69, 9.17) is 0 Å². The van der Waals surface area contributed by atoms with Crippen LogP contribution in [0.5, 0.6) is 0 Å². The zero-order chi connectivity index (χ0) is 12.3. The first kappa shape index (κ1) is 13.3. The van der Waals surface area contributed by atoms with Gasteiger partial charge in [0.2, 0.25) is 0 Å². The van der Waals surface area contributed by atoms with Crippen LogP contribution in [0.25, 0.3) is 0 Å². The van der Waals surface area contributed by atoms with Crippen molar-refractivity contribution < 1.29 is 0 Å². The molecule has 0 radical (unpaired) electrons. The predicted octanol–water partition coefficient (Wildman–Crippen LogP) is 1.26. The smallest absolute Gasteiger partial charge is 0.0156 e. The Morgan fingerprint density at radius 1 is 1.18 bits per heavy atom. The summed E-state index contributed by atoms with van der Waals surface area (Å²) in [4.78, 5) is 5.26. The average molecular weight is 239 g/mol. The van der Waals surface area contributed by atoms with Crippen LogP contribution in [0.2, 0.25) is 0 Å². The zero-order valence-electron chi connectivity index (χ0n) is 11.8. The highest BCUT2D eigenvalue weighted by molar-refractivity contribution is 4.87. The number of hydrogen-bond donors (Lipinski definition) is 1. The van der Waals surface area contributed by atoms with Crippen molar-refractivity contribution >= 4 is 0 Å². The highest BCUT2D eigenvalue weighted by Gasteiger charge is 2.32. The van der Waals surface area contributed by atoms with Gasteiger partial charge in [0.25, 0.3) is 0 Å². The molecule has 2 saturated heterocycles. The van der Waals surface area contributed by atoms with Crippen LogP contribution in [-0.2, 0) is 0 Å². The van der Waals surface area contributed by atoms with Crippen LogP contribution in [0, 0.1) is 11.8 Å². The van der Waals surface area contributed by atoms with Gasteiger partial charge in [-0.3, -0.25) is 0 Å². The molecular weight excluding hydrogens is 210 g/mol. The number of hydrogen-bond acceptors (Lipinski definition) is 3. The molecule has 0 bridgehead atoms. The van der Waals surface area contributed by atoms with E-state index in [1.165, 1.54) is 52.1 Å². The Labute approximate surface area is 107 Å². The lowest BCUT2D eigenvalue weighted by atomic mass is 9.82. The van der Waals surface area contributed by atoms with Crippen molar-refractivity contribution in [2.75, 3.05) is 46.3 Å². The van der Waals surface area contributed by atoms with Gasteiger partial charge in [0.1, 0.15) is 0 Å². The Kier molecular flexibility index (Phi) is 4.83. The maximum absolute atomic E-state index is 3.44. The van der Waals surface area contributed by atoms with Gasteiger partial charge in [-0.15, -0.1) is 0 Å². The fourth-order valence-electron chi connectivity index (χ4n) is 3.76. The normalized spacial score (nSPS) is 33.2. The van der Waals surface area contributed by atoms with Gasteiger partial charge in [0.15, 0.2) is 0 Å². The van der Waals surface area contributed by atoms with Crippen LogP contribution in [0.3, 0.4) is 0 Å². The van der Waals surface area contributed by atoms with Gasteiger partial charge in [-0.2, -0.15) is 0 Å². The van der Waals surface area contributed by atoms with E-state index >= 15 is 0 Å². The summed E-state index contributed by atoms with van der Waals surface area (Å²) in [7, 11) is 2.31. The number of piperazine rings is 1. The van der Waals surface area contributed by atoms with E-state index in [9.17, 15) is 0 Å². The van der Waals surface area contributed by atoms with Gasteiger partial charge < -0.3 is 15.1 Å². The van der Waals surface area contributed by atoms with Crippen molar-refractivity contribution in [2.24, 2.45) is 11.8 Å². The van der Waals surface area contributed by atoms with E-state index in [1.807, 2.05) is 0 Å². The third kappa shape index (κ3) is 3.43.